The summed E-state index contributed by atoms with van der Waals surface area (Å²) in [5.41, 5.74) is 3.90. The van der Waals surface area contributed by atoms with Crippen LogP contribution in [0.2, 0.25) is 0 Å². The summed E-state index contributed by atoms with van der Waals surface area (Å²) in [6.45, 7) is 0. The minimum atomic E-state index is 0. The van der Waals surface area contributed by atoms with Crippen molar-refractivity contribution in [1.82, 2.24) is 9.97 Å². The van der Waals surface area contributed by atoms with Gasteiger partial charge in [0, 0.05) is 32.5 Å². The second-order valence-electron chi connectivity index (χ2n) is 6.28. The van der Waals surface area contributed by atoms with Crippen LogP contribution in [0.15, 0.2) is 91.3 Å². The third kappa shape index (κ3) is 3.28. The van der Waals surface area contributed by atoms with Crippen LogP contribution < -0.4 is 0 Å². The van der Waals surface area contributed by atoms with Gasteiger partial charge in [0.05, 0.1) is 5.69 Å². The Hall–Kier alpha value is -2.87. The molecule has 3 heteroatoms. The van der Waals surface area contributed by atoms with Crippen LogP contribution in [-0.4, -0.2) is 9.97 Å². The number of pyridine rings is 2. The van der Waals surface area contributed by atoms with E-state index in [1.54, 1.807) is 0 Å². The smallest absolute Gasteiger partial charge is 0.0695 e. The Bertz CT molecular complexity index is 1230. The maximum absolute atomic E-state index is 4.55. The van der Waals surface area contributed by atoms with Crippen LogP contribution in [0.1, 0.15) is 0 Å². The number of hydrogen-bond acceptors (Lipinski definition) is 2. The van der Waals surface area contributed by atoms with Gasteiger partial charge in [0.25, 0.3) is 0 Å². The molecule has 0 bridgehead atoms. The summed E-state index contributed by atoms with van der Waals surface area (Å²) < 4.78 is 0. The summed E-state index contributed by atoms with van der Waals surface area (Å²) in [6.07, 6.45) is 3.64. The summed E-state index contributed by atoms with van der Waals surface area (Å²) in [7, 11) is 0. The molecule has 0 N–H and O–H groups in total. The van der Waals surface area contributed by atoms with Crippen LogP contribution >= 0.6 is 0 Å². The third-order valence-electron chi connectivity index (χ3n) is 4.67. The van der Waals surface area contributed by atoms with E-state index in [0.717, 1.165) is 22.5 Å². The van der Waals surface area contributed by atoms with Gasteiger partial charge < -0.3 is 4.98 Å². The van der Waals surface area contributed by atoms with Crippen LogP contribution in [0.4, 0.5) is 0 Å². The fraction of sp³-hybridized carbons (Fsp3) is 0. The van der Waals surface area contributed by atoms with Crippen LogP contribution in [0.3, 0.4) is 0 Å². The minimum absolute atomic E-state index is 0. The van der Waals surface area contributed by atoms with E-state index >= 15 is 0 Å². The molecule has 0 saturated carbocycles. The number of fused-ring (bicyclic) bond motifs is 3. The summed E-state index contributed by atoms with van der Waals surface area (Å²) >= 11 is 0. The Labute approximate surface area is 171 Å². The van der Waals surface area contributed by atoms with Gasteiger partial charge in [-0.05, 0) is 34.8 Å². The molecule has 3 aromatic carbocycles. The molecule has 0 aliphatic heterocycles. The van der Waals surface area contributed by atoms with Crippen molar-refractivity contribution in [3.63, 3.8) is 0 Å². The molecule has 0 amide bonds. The fourth-order valence-electron chi connectivity index (χ4n) is 3.37. The van der Waals surface area contributed by atoms with Gasteiger partial charge >= 0.3 is 0 Å². The molecule has 0 saturated heterocycles. The van der Waals surface area contributed by atoms with E-state index in [1.807, 2.05) is 36.7 Å². The maximum Gasteiger partial charge on any atom is 0.0695 e. The van der Waals surface area contributed by atoms with Crippen LogP contribution in [0, 0.1) is 6.07 Å². The zero-order chi connectivity index (χ0) is 17.3. The van der Waals surface area contributed by atoms with Crippen molar-refractivity contribution in [3.8, 4) is 22.5 Å². The van der Waals surface area contributed by atoms with Crippen molar-refractivity contribution in [2.24, 2.45) is 0 Å². The van der Waals surface area contributed by atoms with Gasteiger partial charge in [-0.3, -0.25) is 4.98 Å². The second-order valence-corrected chi connectivity index (χ2v) is 6.28. The normalized spacial score (nSPS) is 10.7. The Morgan fingerprint density at radius 3 is 2.33 bits per heavy atom. The van der Waals surface area contributed by atoms with E-state index in [1.165, 1.54) is 21.5 Å². The SMILES string of the molecule is [Ir].[c-]1cc2c(ccc3ccccc32)cc1-c1cc(-c2ccccn2)ccn1. The van der Waals surface area contributed by atoms with Crippen molar-refractivity contribution in [2.75, 3.05) is 0 Å². The predicted octanol–water partition coefficient (Wildman–Crippen LogP) is 5.91. The van der Waals surface area contributed by atoms with Gasteiger partial charge in [0.15, 0.2) is 0 Å². The average molecular weight is 524 g/mol. The Morgan fingerprint density at radius 2 is 1.44 bits per heavy atom. The topological polar surface area (TPSA) is 25.8 Å². The molecule has 131 valence electrons. The van der Waals surface area contributed by atoms with Crippen molar-refractivity contribution >= 4 is 21.5 Å². The molecule has 0 atom stereocenters. The molecule has 5 rings (SSSR count). The molecule has 1 radical (unpaired) electrons. The zero-order valence-electron chi connectivity index (χ0n) is 14.4. The van der Waals surface area contributed by atoms with Crippen molar-refractivity contribution in [1.29, 1.82) is 0 Å². The van der Waals surface area contributed by atoms with E-state index in [9.17, 15) is 0 Å². The van der Waals surface area contributed by atoms with Crippen LogP contribution in [-0.2, 0) is 20.1 Å². The average Bonchev–Trinajstić information content (AvgIpc) is 2.74. The first-order chi connectivity index (χ1) is 12.9. The summed E-state index contributed by atoms with van der Waals surface area (Å²) in [4.78, 5) is 8.98. The first kappa shape index (κ1) is 17.5. The molecular formula is C24H15IrN2-. The molecule has 2 nitrogen and oxygen atoms in total. The van der Waals surface area contributed by atoms with Gasteiger partial charge in [0.2, 0.25) is 0 Å². The van der Waals surface area contributed by atoms with Gasteiger partial charge in [-0.15, -0.1) is 29.1 Å². The van der Waals surface area contributed by atoms with Crippen molar-refractivity contribution in [2.45, 2.75) is 0 Å². The van der Waals surface area contributed by atoms with Crippen molar-refractivity contribution in [3.05, 3.63) is 97.3 Å². The van der Waals surface area contributed by atoms with E-state index in [-0.39, 0.29) is 20.1 Å². The number of nitrogens with zero attached hydrogens (tertiary/aromatic N) is 2. The van der Waals surface area contributed by atoms with E-state index in [0.29, 0.717) is 0 Å². The van der Waals surface area contributed by atoms with Gasteiger partial charge in [-0.25, -0.2) is 0 Å². The van der Waals surface area contributed by atoms with Crippen LogP contribution in [0.25, 0.3) is 44.1 Å². The molecule has 0 fully saturated rings. The van der Waals surface area contributed by atoms with Crippen LogP contribution in [0.5, 0.6) is 0 Å². The third-order valence-corrected chi connectivity index (χ3v) is 4.67. The van der Waals surface area contributed by atoms with Gasteiger partial charge in [-0.1, -0.05) is 59.3 Å². The Morgan fingerprint density at radius 1 is 0.630 bits per heavy atom. The molecule has 0 aliphatic rings. The Balaban J connectivity index is 0.00000180. The molecule has 2 aromatic heterocycles. The van der Waals surface area contributed by atoms with E-state index in [4.69, 9.17) is 0 Å². The predicted molar refractivity (Wildman–Crippen MR) is 107 cm³/mol. The monoisotopic (exact) mass is 524 g/mol. The number of aromatic nitrogens is 2. The molecule has 2 heterocycles. The molecular weight excluding hydrogens is 508 g/mol. The number of rotatable bonds is 2. The fourth-order valence-corrected chi connectivity index (χ4v) is 3.37. The molecule has 0 unspecified atom stereocenters. The number of benzene rings is 3. The first-order valence-electron chi connectivity index (χ1n) is 8.59. The second kappa shape index (κ2) is 7.40. The summed E-state index contributed by atoms with van der Waals surface area (Å²) in [5.74, 6) is 0. The first-order valence-corrected chi connectivity index (χ1v) is 8.59. The maximum atomic E-state index is 4.55. The summed E-state index contributed by atoms with van der Waals surface area (Å²) in [6, 6.07) is 30.4. The molecule has 0 aliphatic carbocycles. The minimum Gasteiger partial charge on any atom is -0.305 e. The summed E-state index contributed by atoms with van der Waals surface area (Å²) in [5, 5.41) is 4.91. The standard InChI is InChI=1S/C24H15N2.Ir/c1-2-6-21-17(5-1)8-9-18-15-19(10-11-22(18)21)24-16-20(12-14-26-24)23-7-3-4-13-25-23;/h1-9,11-16H;/q-1;. The molecule has 5 aromatic rings. The number of hydrogen-bond donors (Lipinski definition) is 0. The van der Waals surface area contributed by atoms with E-state index in [2.05, 4.69) is 70.6 Å². The van der Waals surface area contributed by atoms with Gasteiger partial charge in [0.1, 0.15) is 0 Å². The van der Waals surface area contributed by atoms with Gasteiger partial charge in [-0.2, -0.15) is 0 Å². The quantitative estimate of drug-likeness (QED) is 0.212. The Kier molecular flexibility index (Phi) is 4.81. The zero-order valence-corrected chi connectivity index (χ0v) is 16.8. The molecule has 27 heavy (non-hydrogen) atoms. The van der Waals surface area contributed by atoms with Crippen molar-refractivity contribution < 1.29 is 20.1 Å². The molecule has 0 spiro atoms. The van der Waals surface area contributed by atoms with E-state index < -0.39 is 0 Å². The largest absolute Gasteiger partial charge is 0.305 e.